The molecule has 99 heavy (non-hydrogen) atoms. The highest BCUT2D eigenvalue weighted by Gasteiger charge is 2.23. The van der Waals surface area contributed by atoms with Crippen molar-refractivity contribution in [3.63, 3.8) is 0 Å². The molecule has 0 aliphatic heterocycles. The molecule has 498 valence electrons. The monoisotopic (exact) mass is 1310 g/mol. The van der Waals surface area contributed by atoms with Crippen LogP contribution in [-0.4, -0.2) is 59.8 Å². The van der Waals surface area contributed by atoms with Crippen molar-refractivity contribution in [1.82, 2.24) is 59.8 Å². The van der Waals surface area contributed by atoms with E-state index in [0.717, 1.165) is 155 Å². The van der Waals surface area contributed by atoms with E-state index in [0.29, 0.717) is 39.3 Å². The Kier molecular flexibility index (Phi) is 19.5. The van der Waals surface area contributed by atoms with Gasteiger partial charge in [0.2, 0.25) is 0 Å². The van der Waals surface area contributed by atoms with Crippen molar-refractivity contribution in [2.45, 2.75) is 142 Å². The van der Waals surface area contributed by atoms with Crippen LogP contribution in [0.15, 0.2) is 146 Å². The fourth-order valence-electron chi connectivity index (χ4n) is 13.4. The Hall–Kier alpha value is -11.4. The summed E-state index contributed by atoms with van der Waals surface area (Å²) in [4.78, 5) is 57.0. The van der Waals surface area contributed by atoms with E-state index in [-0.39, 0.29) is 0 Å². The van der Waals surface area contributed by atoms with Gasteiger partial charge in [-0.1, -0.05) is 20.8 Å². The van der Waals surface area contributed by atoms with E-state index in [1.165, 1.54) is 66.8 Å². The lowest BCUT2D eigenvalue weighted by Crippen LogP contribution is -2.19. The van der Waals surface area contributed by atoms with Crippen LogP contribution in [0.1, 0.15) is 122 Å². The van der Waals surface area contributed by atoms with Crippen molar-refractivity contribution in [3.8, 4) is 0 Å². The van der Waals surface area contributed by atoms with Gasteiger partial charge in [-0.2, -0.15) is 0 Å². The first-order valence-corrected chi connectivity index (χ1v) is 34.2. The fourth-order valence-corrected chi connectivity index (χ4v) is 13.4. The normalized spacial score (nSPS) is 11.4. The summed E-state index contributed by atoms with van der Waals surface area (Å²) in [6.45, 7) is 29.2. The number of benzene rings is 2. The maximum Gasteiger partial charge on any atom is 0.161 e. The SMILES string of the molecule is CCc1c(CNc2ccc3ccc(C)nc3n2)c(CC)c(CNc2ccc3ccc(C)nc3n2)c(CC)c1CNc1ccc2ccc(C)nc2n1.Cc1ccc2ccc(NCc3c(C)c(CNc4ccc5ccc(C)nc5n4)c(C)c(CNc4ccc5ccc(C)nc5n4)c3C)nc2n1. The maximum atomic E-state index is 4.88. The first-order valence-electron chi connectivity index (χ1n) is 34.2. The Balaban J connectivity index is 0.000000178. The fraction of sp³-hybridized carbons (Fsp3) is 0.259. The lowest BCUT2D eigenvalue weighted by molar-refractivity contribution is 0.880. The van der Waals surface area contributed by atoms with Gasteiger partial charge in [0.25, 0.3) is 0 Å². The molecule has 0 atom stereocenters. The summed E-state index contributed by atoms with van der Waals surface area (Å²) in [6.07, 6.45) is 2.70. The van der Waals surface area contributed by atoms with Crippen molar-refractivity contribution < 1.29 is 0 Å². The number of rotatable bonds is 21. The van der Waals surface area contributed by atoms with E-state index < -0.39 is 0 Å². The Morgan fingerprint density at radius 1 is 0.192 bits per heavy atom. The lowest BCUT2D eigenvalue weighted by Gasteiger charge is -2.27. The van der Waals surface area contributed by atoms with Crippen molar-refractivity contribution in [2.24, 2.45) is 0 Å². The molecule has 6 N–H and O–H groups in total. The van der Waals surface area contributed by atoms with E-state index in [1.807, 2.05) is 114 Å². The van der Waals surface area contributed by atoms with Crippen LogP contribution < -0.4 is 31.9 Å². The molecule has 12 heterocycles. The lowest BCUT2D eigenvalue weighted by atomic mass is 9.83. The van der Waals surface area contributed by atoms with Crippen LogP contribution in [0.2, 0.25) is 0 Å². The van der Waals surface area contributed by atoms with Gasteiger partial charge in [-0.05, 0) is 294 Å². The molecule has 0 unspecified atom stereocenters. The van der Waals surface area contributed by atoms with Crippen LogP contribution in [0, 0.1) is 62.3 Å². The Morgan fingerprint density at radius 2 is 0.354 bits per heavy atom. The molecule has 12 aromatic heterocycles. The van der Waals surface area contributed by atoms with Gasteiger partial charge in [-0.25, -0.2) is 59.8 Å². The average Bonchev–Trinajstić information content (AvgIpc) is 0.746. The van der Waals surface area contributed by atoms with Gasteiger partial charge in [-0.3, -0.25) is 0 Å². The first-order chi connectivity index (χ1) is 48.0. The second kappa shape index (κ2) is 29.1. The molecule has 0 saturated carbocycles. The van der Waals surface area contributed by atoms with Crippen LogP contribution in [0.4, 0.5) is 34.9 Å². The smallest absolute Gasteiger partial charge is 0.161 e. The number of hydrogen-bond donors (Lipinski definition) is 6. The standard InChI is InChI=1S/C42H45N9.C39H39N9/c1-7-31-34(22-43-37-19-16-28-13-10-25(4)46-40(28)49-37)32(8-2)36(24-45-39-21-18-30-15-12-27(6)48-42(30)51-39)33(9-3)35(31)23-44-38-20-17-29-14-11-26(5)47-41(29)50-38;1-22-7-10-28-13-16-34(46-37(28)43-22)40-19-31-25(4)32(20-41-35-17-14-29-11-8-23(2)44-38(29)47-35)27(6)33(26(31)5)21-42-36-18-15-30-12-9-24(3)45-39(30)48-36/h10-21H,7-9,22-24H2,1-6H3,(H,43,46,49)(H,44,47,50)(H,45,48,51);7-18H,19-21H2,1-6H3,(H,40,43,46)(H,41,44,47)(H,42,45,48). The predicted octanol–water partition coefficient (Wildman–Crippen LogP) is 17.2. The molecular weight excluding hydrogens is 1230 g/mol. The number of fused-ring (bicyclic) bond motifs is 6. The number of nitrogens with one attached hydrogen (secondary N) is 6. The second-order valence-electron chi connectivity index (χ2n) is 25.5. The van der Waals surface area contributed by atoms with Crippen LogP contribution in [0.5, 0.6) is 0 Å². The number of anilines is 6. The zero-order valence-electron chi connectivity index (χ0n) is 58.6. The van der Waals surface area contributed by atoms with Gasteiger partial charge in [-0.15, -0.1) is 0 Å². The molecular formula is C81H84N18. The van der Waals surface area contributed by atoms with Gasteiger partial charge < -0.3 is 31.9 Å². The summed E-state index contributed by atoms with van der Waals surface area (Å²) in [6, 6.07) is 49.2. The zero-order chi connectivity index (χ0) is 68.8. The van der Waals surface area contributed by atoms with Crippen LogP contribution in [0.25, 0.3) is 66.2 Å². The topological polar surface area (TPSA) is 227 Å². The molecule has 14 rings (SSSR count). The third-order valence-electron chi connectivity index (χ3n) is 18.8. The minimum absolute atomic E-state index is 0.622. The van der Waals surface area contributed by atoms with E-state index in [4.69, 9.17) is 29.9 Å². The highest BCUT2D eigenvalue weighted by molar-refractivity contribution is 5.81. The number of nitrogens with zero attached hydrogens (tertiary/aromatic N) is 12. The molecule has 18 heteroatoms. The summed E-state index contributed by atoms with van der Waals surface area (Å²) < 4.78 is 0. The largest absolute Gasteiger partial charge is 0.366 e. The number of hydrogen-bond acceptors (Lipinski definition) is 18. The van der Waals surface area contributed by atoms with Crippen LogP contribution in [0.3, 0.4) is 0 Å². The van der Waals surface area contributed by atoms with E-state index in [9.17, 15) is 0 Å². The molecule has 18 nitrogen and oxygen atoms in total. The Bertz CT molecular complexity index is 4810. The molecule has 0 radical (unpaired) electrons. The molecule has 14 aromatic rings. The van der Waals surface area contributed by atoms with Crippen molar-refractivity contribution in [3.05, 3.63) is 247 Å². The molecule has 2 aromatic carbocycles. The molecule has 0 amide bonds. The summed E-state index contributed by atoms with van der Waals surface area (Å²) in [7, 11) is 0. The van der Waals surface area contributed by atoms with Gasteiger partial charge >= 0.3 is 0 Å². The molecule has 0 aliphatic rings. The number of aromatic nitrogens is 12. The van der Waals surface area contributed by atoms with E-state index in [2.05, 4.69) is 176 Å². The predicted molar refractivity (Wildman–Crippen MR) is 405 cm³/mol. The molecule has 0 saturated heterocycles. The van der Waals surface area contributed by atoms with Gasteiger partial charge in [0.05, 0.1) is 0 Å². The van der Waals surface area contributed by atoms with E-state index in [1.54, 1.807) is 0 Å². The molecule has 0 aliphatic carbocycles. The highest BCUT2D eigenvalue weighted by atomic mass is 15.1. The van der Waals surface area contributed by atoms with Crippen molar-refractivity contribution in [1.29, 1.82) is 0 Å². The third kappa shape index (κ3) is 14.8. The quantitative estimate of drug-likeness (QED) is 0.0393. The number of pyridine rings is 12. The molecule has 0 spiro atoms. The van der Waals surface area contributed by atoms with Gasteiger partial charge in [0.15, 0.2) is 33.9 Å². The molecule has 0 bridgehead atoms. The van der Waals surface area contributed by atoms with Gasteiger partial charge in [0.1, 0.15) is 34.9 Å². The molecule has 0 fully saturated rings. The summed E-state index contributed by atoms with van der Waals surface area (Å²) in [5.41, 5.74) is 25.7. The van der Waals surface area contributed by atoms with Crippen LogP contribution >= 0.6 is 0 Å². The summed E-state index contributed by atoms with van der Waals surface area (Å²) in [5.74, 6) is 4.83. The van der Waals surface area contributed by atoms with Crippen molar-refractivity contribution in [2.75, 3.05) is 31.9 Å². The number of aryl methyl sites for hydroxylation is 6. The Morgan fingerprint density at radius 3 is 0.525 bits per heavy atom. The second-order valence-corrected chi connectivity index (χ2v) is 25.5. The maximum absolute atomic E-state index is 4.88. The summed E-state index contributed by atoms with van der Waals surface area (Å²) in [5, 5.41) is 28.0. The third-order valence-corrected chi connectivity index (χ3v) is 18.8. The minimum atomic E-state index is 0.622. The van der Waals surface area contributed by atoms with Crippen molar-refractivity contribution >= 4 is 101 Å². The zero-order valence-corrected chi connectivity index (χ0v) is 58.6. The first kappa shape index (κ1) is 66.2. The van der Waals surface area contributed by atoms with Gasteiger partial charge in [0, 0.05) is 106 Å². The average molecular weight is 1310 g/mol. The van der Waals surface area contributed by atoms with E-state index >= 15 is 0 Å². The van der Waals surface area contributed by atoms with Crippen LogP contribution in [-0.2, 0) is 58.5 Å². The summed E-state index contributed by atoms with van der Waals surface area (Å²) >= 11 is 0. The minimum Gasteiger partial charge on any atom is -0.366 e. The highest BCUT2D eigenvalue weighted by Crippen LogP contribution is 2.35. The Labute approximate surface area is 578 Å².